The molecular weight excluding hydrogens is 276 g/mol. The first-order valence-corrected chi connectivity index (χ1v) is 8.30. The van der Waals surface area contributed by atoms with E-state index in [1.54, 1.807) is 6.20 Å². The number of hydrogen-bond donors (Lipinski definition) is 1. The molecule has 0 spiro atoms. The van der Waals surface area contributed by atoms with Gasteiger partial charge in [-0.1, -0.05) is 25.2 Å². The van der Waals surface area contributed by atoms with Gasteiger partial charge in [0.1, 0.15) is 0 Å². The Morgan fingerprint density at radius 3 is 2.82 bits per heavy atom. The molecule has 0 aliphatic carbocycles. The van der Waals surface area contributed by atoms with Crippen molar-refractivity contribution >= 4 is 0 Å². The Bertz CT molecular complexity index is 536. The van der Waals surface area contributed by atoms with Crippen LogP contribution in [0, 0.1) is 17.8 Å². The van der Waals surface area contributed by atoms with Crippen molar-refractivity contribution in [2.45, 2.75) is 44.8 Å². The highest BCUT2D eigenvalue weighted by Crippen LogP contribution is 2.31. The van der Waals surface area contributed by atoms with Crippen LogP contribution in [0.4, 0.5) is 0 Å². The average Bonchev–Trinajstić information content (AvgIpc) is 2.56. The average molecular weight is 300 g/mol. The maximum absolute atomic E-state index is 10.3. The Morgan fingerprint density at radius 1 is 1.36 bits per heavy atom. The molecule has 3 saturated heterocycles. The van der Waals surface area contributed by atoms with E-state index in [0.717, 1.165) is 44.3 Å². The minimum Gasteiger partial charge on any atom is -0.478 e. The van der Waals surface area contributed by atoms with Gasteiger partial charge in [-0.15, -0.1) is 0 Å². The third kappa shape index (κ3) is 3.43. The minimum absolute atomic E-state index is 0.0204. The Balaban J connectivity index is 1.61. The summed E-state index contributed by atoms with van der Waals surface area (Å²) >= 11 is 0. The van der Waals surface area contributed by atoms with Gasteiger partial charge in [0, 0.05) is 17.8 Å². The summed E-state index contributed by atoms with van der Waals surface area (Å²) in [5.41, 5.74) is 0.873. The number of piperidine rings is 3. The molecule has 1 N–H and O–H groups in total. The van der Waals surface area contributed by atoms with Crippen molar-refractivity contribution in [3.05, 3.63) is 23.9 Å². The molecule has 22 heavy (non-hydrogen) atoms. The lowest BCUT2D eigenvalue weighted by atomic mass is 9.81. The Labute approximate surface area is 132 Å². The Hall–Kier alpha value is -1.57. The van der Waals surface area contributed by atoms with Crippen molar-refractivity contribution in [2.24, 2.45) is 5.92 Å². The second-order valence-electron chi connectivity index (χ2n) is 6.17. The summed E-state index contributed by atoms with van der Waals surface area (Å²) < 4.78 is 5.55. The van der Waals surface area contributed by atoms with Gasteiger partial charge in [0.25, 0.3) is 0 Å². The number of hydrogen-bond acceptors (Lipinski definition) is 4. The summed E-state index contributed by atoms with van der Waals surface area (Å²) in [6.45, 7) is 4.96. The van der Waals surface area contributed by atoms with E-state index in [1.807, 2.05) is 12.1 Å². The number of rotatable bonds is 4. The van der Waals surface area contributed by atoms with Gasteiger partial charge in [0.05, 0.1) is 18.8 Å². The lowest BCUT2D eigenvalue weighted by Crippen LogP contribution is -2.57. The Morgan fingerprint density at radius 2 is 2.18 bits per heavy atom. The SMILES string of the molecule is CCCCOc1ccc(C#CC2C(O)C3CCN2CC3)cn1. The first-order chi connectivity index (χ1) is 10.8. The van der Waals surface area contributed by atoms with E-state index in [2.05, 4.69) is 28.6 Å². The van der Waals surface area contributed by atoms with Crippen LogP contribution in [-0.2, 0) is 0 Å². The van der Waals surface area contributed by atoms with E-state index >= 15 is 0 Å². The fraction of sp³-hybridized carbons (Fsp3) is 0.611. The summed E-state index contributed by atoms with van der Waals surface area (Å²) in [5.74, 6) is 7.47. The maximum Gasteiger partial charge on any atom is 0.213 e. The largest absolute Gasteiger partial charge is 0.478 e. The van der Waals surface area contributed by atoms with E-state index in [1.165, 1.54) is 0 Å². The van der Waals surface area contributed by atoms with Crippen LogP contribution in [0.5, 0.6) is 5.88 Å². The molecule has 0 aromatic carbocycles. The van der Waals surface area contributed by atoms with Crippen LogP contribution in [0.15, 0.2) is 18.3 Å². The van der Waals surface area contributed by atoms with E-state index in [0.29, 0.717) is 18.4 Å². The second-order valence-corrected chi connectivity index (χ2v) is 6.17. The molecule has 4 rings (SSSR count). The summed E-state index contributed by atoms with van der Waals surface area (Å²) in [7, 11) is 0. The Kier molecular flexibility index (Phi) is 4.97. The van der Waals surface area contributed by atoms with Crippen LogP contribution in [0.1, 0.15) is 38.2 Å². The fourth-order valence-electron chi connectivity index (χ4n) is 3.21. The summed E-state index contributed by atoms with van der Waals surface area (Å²) in [6.07, 6.45) is 5.80. The molecule has 2 bridgehead atoms. The zero-order valence-corrected chi connectivity index (χ0v) is 13.2. The zero-order valence-electron chi connectivity index (χ0n) is 13.2. The number of fused-ring (bicyclic) bond motifs is 3. The van der Waals surface area contributed by atoms with Gasteiger partial charge in [0.15, 0.2) is 0 Å². The van der Waals surface area contributed by atoms with Crippen molar-refractivity contribution in [3.8, 4) is 17.7 Å². The van der Waals surface area contributed by atoms with Crippen LogP contribution in [0.25, 0.3) is 0 Å². The van der Waals surface area contributed by atoms with Crippen molar-refractivity contribution in [1.82, 2.24) is 9.88 Å². The molecule has 118 valence electrons. The van der Waals surface area contributed by atoms with Crippen LogP contribution in [0.2, 0.25) is 0 Å². The van der Waals surface area contributed by atoms with E-state index in [9.17, 15) is 5.11 Å². The van der Waals surface area contributed by atoms with Gasteiger partial charge in [-0.05, 0) is 44.3 Å². The number of ether oxygens (including phenoxy) is 1. The third-order valence-corrected chi connectivity index (χ3v) is 4.62. The molecule has 0 radical (unpaired) electrons. The molecule has 2 unspecified atom stereocenters. The molecule has 3 aliphatic heterocycles. The molecule has 2 atom stereocenters. The number of aliphatic hydroxyl groups excluding tert-OH is 1. The highest BCUT2D eigenvalue weighted by molar-refractivity contribution is 5.35. The molecule has 3 aliphatic rings. The molecule has 0 saturated carbocycles. The number of unbranched alkanes of at least 4 members (excludes halogenated alkanes) is 1. The van der Waals surface area contributed by atoms with Crippen molar-refractivity contribution < 1.29 is 9.84 Å². The number of pyridine rings is 1. The first-order valence-electron chi connectivity index (χ1n) is 8.30. The molecule has 1 aromatic rings. The van der Waals surface area contributed by atoms with Gasteiger partial charge in [-0.2, -0.15) is 0 Å². The van der Waals surface area contributed by atoms with Gasteiger partial charge < -0.3 is 9.84 Å². The standard InChI is InChI=1S/C18H24N2O2/c1-2-3-12-22-17-7-5-14(13-19-17)4-6-16-18(21)15-8-10-20(16)11-9-15/h5,7,13,15-16,18,21H,2-3,8-12H2,1H3. The molecule has 4 heteroatoms. The summed E-state index contributed by atoms with van der Waals surface area (Å²) in [4.78, 5) is 6.58. The highest BCUT2D eigenvalue weighted by Gasteiger charge is 2.40. The van der Waals surface area contributed by atoms with Crippen LogP contribution < -0.4 is 4.74 Å². The molecule has 4 nitrogen and oxygen atoms in total. The number of aliphatic hydroxyl groups is 1. The predicted octanol–water partition coefficient (Wildman–Crippen LogP) is 2.07. The smallest absolute Gasteiger partial charge is 0.213 e. The van der Waals surface area contributed by atoms with Gasteiger partial charge >= 0.3 is 0 Å². The van der Waals surface area contributed by atoms with E-state index in [-0.39, 0.29) is 12.1 Å². The molecule has 4 heterocycles. The normalized spacial score (nSPS) is 29.7. The van der Waals surface area contributed by atoms with Crippen molar-refractivity contribution in [2.75, 3.05) is 19.7 Å². The topological polar surface area (TPSA) is 45.6 Å². The molecule has 0 amide bonds. The number of nitrogens with zero attached hydrogens (tertiary/aromatic N) is 2. The molecule has 3 fully saturated rings. The first kappa shape index (κ1) is 15.3. The van der Waals surface area contributed by atoms with Gasteiger partial charge in [-0.25, -0.2) is 4.98 Å². The van der Waals surface area contributed by atoms with Crippen LogP contribution >= 0.6 is 0 Å². The fourth-order valence-corrected chi connectivity index (χ4v) is 3.21. The van der Waals surface area contributed by atoms with E-state index < -0.39 is 0 Å². The van der Waals surface area contributed by atoms with Crippen molar-refractivity contribution in [1.29, 1.82) is 0 Å². The summed E-state index contributed by atoms with van der Waals surface area (Å²) in [5, 5.41) is 10.3. The highest BCUT2D eigenvalue weighted by atomic mass is 16.5. The van der Waals surface area contributed by atoms with Crippen LogP contribution in [-0.4, -0.2) is 46.8 Å². The monoisotopic (exact) mass is 300 g/mol. The maximum atomic E-state index is 10.3. The van der Waals surface area contributed by atoms with Crippen LogP contribution in [0.3, 0.4) is 0 Å². The molecular formula is C18H24N2O2. The third-order valence-electron chi connectivity index (χ3n) is 4.62. The second kappa shape index (κ2) is 7.13. The van der Waals surface area contributed by atoms with Gasteiger partial charge in [-0.3, -0.25) is 4.90 Å². The predicted molar refractivity (Wildman–Crippen MR) is 85.6 cm³/mol. The van der Waals surface area contributed by atoms with Crippen molar-refractivity contribution in [3.63, 3.8) is 0 Å². The molecule has 1 aromatic heterocycles. The lowest BCUT2D eigenvalue weighted by molar-refractivity contribution is -0.0500. The summed E-state index contributed by atoms with van der Waals surface area (Å²) in [6, 6.07) is 3.78. The van der Waals surface area contributed by atoms with E-state index in [4.69, 9.17) is 4.74 Å². The zero-order chi connectivity index (χ0) is 15.4. The lowest BCUT2D eigenvalue weighted by Gasteiger charge is -2.46. The number of aromatic nitrogens is 1. The quantitative estimate of drug-likeness (QED) is 0.683. The minimum atomic E-state index is -0.306. The van der Waals surface area contributed by atoms with Gasteiger partial charge in [0.2, 0.25) is 5.88 Å².